The Kier molecular flexibility index (Phi) is 4.81. The zero-order valence-electron chi connectivity index (χ0n) is 12.3. The Morgan fingerprint density at radius 2 is 2.05 bits per heavy atom. The van der Waals surface area contributed by atoms with E-state index in [1.165, 1.54) is 34.6 Å². The minimum Gasteiger partial charge on any atom is -0.451 e. The van der Waals surface area contributed by atoms with Crippen molar-refractivity contribution in [3.8, 4) is 0 Å². The summed E-state index contributed by atoms with van der Waals surface area (Å²) in [5.74, 6) is -0.551. The Morgan fingerprint density at radius 3 is 2.70 bits per heavy atom. The van der Waals surface area contributed by atoms with Crippen LogP contribution in [0.5, 0.6) is 0 Å². The lowest BCUT2D eigenvalue weighted by Gasteiger charge is -2.20. The Bertz CT molecular complexity index is 484. The smallest absolute Gasteiger partial charge is 0.348 e. The van der Waals surface area contributed by atoms with Crippen LogP contribution in [0.15, 0.2) is 6.07 Å². The van der Waals surface area contributed by atoms with E-state index >= 15 is 0 Å². The van der Waals surface area contributed by atoms with Gasteiger partial charge in [-0.15, -0.1) is 11.3 Å². The molecule has 1 aliphatic rings. The van der Waals surface area contributed by atoms with Crippen molar-refractivity contribution in [2.45, 2.75) is 45.6 Å². The van der Waals surface area contributed by atoms with Gasteiger partial charge in [0.15, 0.2) is 6.61 Å². The predicted molar refractivity (Wildman–Crippen MR) is 79.1 cm³/mol. The molecule has 0 aromatic carbocycles. The summed E-state index contributed by atoms with van der Waals surface area (Å²) in [6, 6.07) is 2.04. The Morgan fingerprint density at radius 1 is 1.35 bits per heavy atom. The van der Waals surface area contributed by atoms with Crippen molar-refractivity contribution in [2.75, 3.05) is 13.7 Å². The summed E-state index contributed by atoms with van der Waals surface area (Å²) in [5, 5.41) is 0. The van der Waals surface area contributed by atoms with Gasteiger partial charge in [-0.3, -0.25) is 4.79 Å². The maximum Gasteiger partial charge on any atom is 0.348 e. The SMILES string of the molecule is CC(C)N(C)C(=O)COC(=O)c1cc2c(s1)CCCC2. The summed E-state index contributed by atoms with van der Waals surface area (Å²) in [5.41, 5.74) is 1.28. The summed E-state index contributed by atoms with van der Waals surface area (Å²) in [6.45, 7) is 3.66. The highest BCUT2D eigenvalue weighted by Crippen LogP contribution is 2.29. The number of ether oxygens (including phenoxy) is 1. The predicted octanol–water partition coefficient (Wildman–Crippen LogP) is 2.65. The Hall–Kier alpha value is -1.36. The van der Waals surface area contributed by atoms with Crippen LogP contribution in [0.1, 0.15) is 46.8 Å². The van der Waals surface area contributed by atoms with Gasteiger partial charge in [-0.1, -0.05) is 0 Å². The molecule has 1 heterocycles. The lowest BCUT2D eigenvalue weighted by Crippen LogP contribution is -2.36. The van der Waals surface area contributed by atoms with E-state index in [1.807, 2.05) is 19.9 Å². The van der Waals surface area contributed by atoms with E-state index in [4.69, 9.17) is 4.74 Å². The van der Waals surface area contributed by atoms with E-state index in [-0.39, 0.29) is 24.5 Å². The fourth-order valence-electron chi connectivity index (χ4n) is 2.18. The van der Waals surface area contributed by atoms with E-state index < -0.39 is 0 Å². The third kappa shape index (κ3) is 3.39. The normalized spacial score (nSPS) is 14.0. The molecule has 0 saturated heterocycles. The number of carbonyl (C=O) groups is 2. The number of nitrogens with zero attached hydrogens (tertiary/aromatic N) is 1. The highest BCUT2D eigenvalue weighted by Gasteiger charge is 2.20. The summed E-state index contributed by atoms with van der Waals surface area (Å²) in [4.78, 5) is 27.2. The van der Waals surface area contributed by atoms with E-state index in [0.29, 0.717) is 4.88 Å². The molecule has 1 aromatic rings. The first kappa shape index (κ1) is 15.0. The zero-order valence-corrected chi connectivity index (χ0v) is 13.1. The number of esters is 1. The largest absolute Gasteiger partial charge is 0.451 e. The molecule has 5 heteroatoms. The van der Waals surface area contributed by atoms with E-state index in [9.17, 15) is 9.59 Å². The van der Waals surface area contributed by atoms with Crippen LogP contribution in [0, 0.1) is 0 Å². The molecular formula is C15H21NO3S. The average molecular weight is 295 g/mol. The number of fused-ring (bicyclic) bond motifs is 1. The first-order valence-electron chi connectivity index (χ1n) is 7.03. The first-order chi connectivity index (χ1) is 9.49. The van der Waals surface area contributed by atoms with Crippen LogP contribution in [0.3, 0.4) is 0 Å². The van der Waals surface area contributed by atoms with Gasteiger partial charge in [-0.2, -0.15) is 0 Å². The van der Waals surface area contributed by atoms with Crippen molar-refractivity contribution >= 4 is 23.2 Å². The molecule has 0 radical (unpaired) electrons. The molecule has 2 rings (SSSR count). The van der Waals surface area contributed by atoms with Gasteiger partial charge in [0, 0.05) is 18.0 Å². The third-order valence-corrected chi connectivity index (χ3v) is 4.91. The number of aryl methyl sites for hydroxylation is 2. The zero-order chi connectivity index (χ0) is 14.7. The number of hydrogen-bond acceptors (Lipinski definition) is 4. The fraction of sp³-hybridized carbons (Fsp3) is 0.600. The van der Waals surface area contributed by atoms with Crippen LogP contribution in [-0.4, -0.2) is 36.5 Å². The number of amides is 1. The molecular weight excluding hydrogens is 274 g/mol. The molecule has 1 amide bonds. The van der Waals surface area contributed by atoms with Crippen molar-refractivity contribution in [1.82, 2.24) is 4.90 Å². The molecule has 1 aromatic heterocycles. The summed E-state index contributed by atoms with van der Waals surface area (Å²) in [7, 11) is 1.71. The van der Waals surface area contributed by atoms with Gasteiger partial charge in [0.2, 0.25) is 0 Å². The molecule has 0 saturated carbocycles. The van der Waals surface area contributed by atoms with Crippen LogP contribution in [0.25, 0.3) is 0 Å². The summed E-state index contributed by atoms with van der Waals surface area (Å²) < 4.78 is 5.12. The second kappa shape index (κ2) is 6.39. The topological polar surface area (TPSA) is 46.6 Å². The number of carbonyl (C=O) groups excluding carboxylic acids is 2. The third-order valence-electron chi connectivity index (χ3n) is 3.69. The molecule has 0 unspecified atom stereocenters. The van der Waals surface area contributed by atoms with Crippen molar-refractivity contribution in [3.05, 3.63) is 21.4 Å². The van der Waals surface area contributed by atoms with E-state index in [1.54, 1.807) is 11.9 Å². The van der Waals surface area contributed by atoms with Crippen LogP contribution in [0.4, 0.5) is 0 Å². The molecule has 0 fully saturated rings. The van der Waals surface area contributed by atoms with Gasteiger partial charge in [0.1, 0.15) is 4.88 Å². The van der Waals surface area contributed by atoms with Crippen LogP contribution in [0.2, 0.25) is 0 Å². The van der Waals surface area contributed by atoms with Crippen molar-refractivity contribution in [1.29, 1.82) is 0 Å². The maximum absolute atomic E-state index is 12.0. The van der Waals surface area contributed by atoms with Gasteiger partial charge in [-0.25, -0.2) is 4.79 Å². The standard InChI is InChI=1S/C15H21NO3S/c1-10(2)16(3)14(17)9-19-15(18)13-8-11-6-4-5-7-12(11)20-13/h8,10H,4-7,9H2,1-3H3. The number of hydrogen-bond donors (Lipinski definition) is 0. The second-order valence-electron chi connectivity index (χ2n) is 5.44. The molecule has 0 aliphatic heterocycles. The van der Waals surface area contributed by atoms with Gasteiger partial charge in [-0.05, 0) is 51.2 Å². The van der Waals surface area contributed by atoms with Gasteiger partial charge >= 0.3 is 5.97 Å². The van der Waals surface area contributed by atoms with Gasteiger partial charge in [0.05, 0.1) is 0 Å². The minimum atomic E-state index is -0.380. The Balaban J connectivity index is 1.92. The quantitative estimate of drug-likeness (QED) is 0.802. The molecule has 0 bridgehead atoms. The molecule has 0 atom stereocenters. The number of likely N-dealkylation sites (N-methyl/N-ethyl adjacent to an activating group) is 1. The van der Waals surface area contributed by atoms with E-state index in [0.717, 1.165) is 12.8 Å². The highest BCUT2D eigenvalue weighted by molar-refractivity contribution is 7.14. The lowest BCUT2D eigenvalue weighted by atomic mass is 9.99. The monoisotopic (exact) mass is 295 g/mol. The van der Waals surface area contributed by atoms with Gasteiger partial charge < -0.3 is 9.64 Å². The van der Waals surface area contributed by atoms with Crippen LogP contribution < -0.4 is 0 Å². The van der Waals surface area contributed by atoms with Crippen molar-refractivity contribution < 1.29 is 14.3 Å². The molecule has 20 heavy (non-hydrogen) atoms. The Labute approximate surface area is 123 Å². The van der Waals surface area contributed by atoms with Gasteiger partial charge in [0.25, 0.3) is 5.91 Å². The number of rotatable bonds is 4. The lowest BCUT2D eigenvalue weighted by molar-refractivity contribution is -0.134. The highest BCUT2D eigenvalue weighted by atomic mass is 32.1. The van der Waals surface area contributed by atoms with E-state index in [2.05, 4.69) is 0 Å². The molecule has 1 aliphatic carbocycles. The summed E-state index contributed by atoms with van der Waals surface area (Å²) in [6.07, 6.45) is 4.49. The molecule has 0 N–H and O–H groups in total. The first-order valence-corrected chi connectivity index (χ1v) is 7.85. The second-order valence-corrected chi connectivity index (χ2v) is 6.58. The summed E-state index contributed by atoms with van der Waals surface area (Å²) >= 11 is 1.51. The number of thiophene rings is 1. The van der Waals surface area contributed by atoms with Crippen LogP contribution in [-0.2, 0) is 22.4 Å². The maximum atomic E-state index is 12.0. The van der Waals surface area contributed by atoms with Crippen molar-refractivity contribution in [3.63, 3.8) is 0 Å². The molecule has 0 spiro atoms. The molecule has 4 nitrogen and oxygen atoms in total. The van der Waals surface area contributed by atoms with Crippen molar-refractivity contribution in [2.24, 2.45) is 0 Å². The molecule has 110 valence electrons. The fourth-order valence-corrected chi connectivity index (χ4v) is 3.33. The minimum absolute atomic E-state index is 0.107. The van der Waals surface area contributed by atoms with Crippen LogP contribution >= 0.6 is 11.3 Å². The average Bonchev–Trinajstić information content (AvgIpc) is 2.87.